The van der Waals surface area contributed by atoms with Crippen LogP contribution >= 0.6 is 0 Å². The topological polar surface area (TPSA) is 43.5 Å². The minimum absolute atomic E-state index is 0.245. The first-order valence-corrected chi connectivity index (χ1v) is 12.5. The van der Waals surface area contributed by atoms with Gasteiger partial charge in [0.15, 0.2) is 0 Å². The Balaban J connectivity index is 1.34. The molecule has 0 radical (unpaired) electrons. The lowest BCUT2D eigenvalue weighted by Crippen LogP contribution is -2.29. The van der Waals surface area contributed by atoms with Crippen LogP contribution in [0, 0.1) is 0 Å². The van der Waals surface area contributed by atoms with E-state index in [0.717, 1.165) is 37.6 Å². The van der Waals surface area contributed by atoms with E-state index in [1.54, 1.807) is 0 Å². The van der Waals surface area contributed by atoms with Crippen molar-refractivity contribution in [1.29, 1.82) is 0 Å². The molecule has 35 heavy (non-hydrogen) atoms. The van der Waals surface area contributed by atoms with Crippen LogP contribution in [0.3, 0.4) is 0 Å². The molecule has 3 aromatic rings. The van der Waals surface area contributed by atoms with Gasteiger partial charge in [0, 0.05) is 0 Å². The van der Waals surface area contributed by atoms with Crippen LogP contribution in [0.25, 0.3) is 5.57 Å². The van der Waals surface area contributed by atoms with Crippen LogP contribution in [0.1, 0.15) is 35.1 Å². The van der Waals surface area contributed by atoms with Crippen LogP contribution in [0.15, 0.2) is 90.5 Å². The van der Waals surface area contributed by atoms with Gasteiger partial charge in [-0.3, -0.25) is 0 Å². The van der Waals surface area contributed by atoms with E-state index >= 15 is 0 Å². The SMILES string of the molecule is C1=CC2=C(CC1)c1ccccc1C2(c1ccc(OCC2CO2)cc1)c1ccc(OCC2CO2)cc1. The smallest absolute Gasteiger partial charge is 0.119 e. The fourth-order valence-corrected chi connectivity index (χ4v) is 5.61. The average molecular weight is 465 g/mol. The van der Waals surface area contributed by atoms with E-state index in [1.165, 1.54) is 33.4 Å². The zero-order valence-electron chi connectivity index (χ0n) is 19.6. The molecule has 2 heterocycles. The number of allylic oxidation sites excluding steroid dienone is 4. The number of ether oxygens (including phenoxy) is 4. The van der Waals surface area contributed by atoms with E-state index in [2.05, 4.69) is 84.9 Å². The lowest BCUT2D eigenvalue weighted by Gasteiger charge is -2.35. The molecule has 0 saturated carbocycles. The Hall–Kier alpha value is -3.34. The van der Waals surface area contributed by atoms with Crippen LogP contribution < -0.4 is 9.47 Å². The van der Waals surface area contributed by atoms with Crippen LogP contribution in [-0.4, -0.2) is 38.6 Å². The van der Waals surface area contributed by atoms with Crippen LogP contribution in [0.2, 0.25) is 0 Å². The average Bonchev–Trinajstić information content (AvgIpc) is 3.85. The number of epoxide rings is 2. The highest BCUT2D eigenvalue weighted by Crippen LogP contribution is 2.57. The second kappa shape index (κ2) is 8.40. The summed E-state index contributed by atoms with van der Waals surface area (Å²) in [4.78, 5) is 0. The number of hydrogen-bond donors (Lipinski definition) is 0. The fraction of sp³-hybridized carbons (Fsp3) is 0.290. The Morgan fingerprint density at radius 1 is 0.743 bits per heavy atom. The molecule has 2 fully saturated rings. The van der Waals surface area contributed by atoms with E-state index < -0.39 is 0 Å². The summed E-state index contributed by atoms with van der Waals surface area (Å²) in [5.74, 6) is 1.76. The molecule has 4 aliphatic rings. The molecule has 2 aliphatic carbocycles. The summed E-state index contributed by atoms with van der Waals surface area (Å²) in [6.07, 6.45) is 7.30. The highest BCUT2D eigenvalue weighted by molar-refractivity contribution is 5.88. The maximum atomic E-state index is 5.95. The van der Waals surface area contributed by atoms with Crippen LogP contribution in [-0.2, 0) is 14.9 Å². The third kappa shape index (κ3) is 3.69. The molecule has 4 heteroatoms. The summed E-state index contributed by atoms with van der Waals surface area (Å²) in [5.41, 5.74) is 7.67. The molecule has 0 N–H and O–H groups in total. The highest BCUT2D eigenvalue weighted by atomic mass is 16.6. The van der Waals surface area contributed by atoms with Crippen LogP contribution in [0.4, 0.5) is 0 Å². The summed E-state index contributed by atoms with van der Waals surface area (Å²) in [6.45, 7) is 2.82. The van der Waals surface area contributed by atoms with Crippen molar-refractivity contribution in [1.82, 2.24) is 0 Å². The van der Waals surface area contributed by atoms with Crippen molar-refractivity contribution in [2.45, 2.75) is 30.5 Å². The van der Waals surface area contributed by atoms with Crippen molar-refractivity contribution in [3.8, 4) is 11.5 Å². The Morgan fingerprint density at radius 2 is 1.31 bits per heavy atom. The monoisotopic (exact) mass is 464 g/mol. The zero-order valence-corrected chi connectivity index (χ0v) is 19.6. The molecule has 2 atom stereocenters. The predicted molar refractivity (Wildman–Crippen MR) is 135 cm³/mol. The summed E-state index contributed by atoms with van der Waals surface area (Å²) in [7, 11) is 0. The Kier molecular flexibility index (Phi) is 5.04. The predicted octanol–water partition coefficient (Wildman–Crippen LogP) is 5.69. The summed E-state index contributed by atoms with van der Waals surface area (Å²) in [6, 6.07) is 26.2. The van der Waals surface area contributed by atoms with Crippen molar-refractivity contribution < 1.29 is 18.9 Å². The Labute approximate surface area is 205 Å². The minimum atomic E-state index is -0.376. The first-order valence-electron chi connectivity index (χ1n) is 12.5. The molecular formula is C31H28O4. The van der Waals surface area contributed by atoms with Crippen LogP contribution in [0.5, 0.6) is 11.5 Å². The largest absolute Gasteiger partial charge is 0.491 e. The first-order chi connectivity index (χ1) is 17.3. The summed E-state index contributed by atoms with van der Waals surface area (Å²) >= 11 is 0. The molecule has 0 spiro atoms. The summed E-state index contributed by atoms with van der Waals surface area (Å²) in [5, 5.41) is 0. The molecule has 7 rings (SSSR count). The molecule has 2 saturated heterocycles. The Morgan fingerprint density at radius 3 is 1.89 bits per heavy atom. The lowest BCUT2D eigenvalue weighted by atomic mass is 9.66. The normalized spacial score (nSPS) is 25.7. The molecule has 3 aromatic carbocycles. The third-order valence-electron chi connectivity index (χ3n) is 7.48. The van der Waals surface area contributed by atoms with E-state index in [-0.39, 0.29) is 17.6 Å². The van der Waals surface area contributed by atoms with Crippen molar-refractivity contribution in [2.75, 3.05) is 26.4 Å². The number of hydrogen-bond acceptors (Lipinski definition) is 4. The fourth-order valence-electron chi connectivity index (χ4n) is 5.61. The third-order valence-corrected chi connectivity index (χ3v) is 7.48. The van der Waals surface area contributed by atoms with Gasteiger partial charge in [0.2, 0.25) is 0 Å². The molecule has 176 valence electrons. The van der Waals surface area contributed by atoms with Crippen molar-refractivity contribution in [3.05, 3.63) is 113 Å². The second-order valence-electron chi connectivity index (χ2n) is 9.71. The van der Waals surface area contributed by atoms with Gasteiger partial charge in [0.1, 0.15) is 36.9 Å². The minimum Gasteiger partial charge on any atom is -0.491 e. The lowest BCUT2D eigenvalue weighted by molar-refractivity contribution is 0.263. The van der Waals surface area contributed by atoms with Crippen molar-refractivity contribution in [3.63, 3.8) is 0 Å². The van der Waals surface area contributed by atoms with Gasteiger partial charge in [0.05, 0.1) is 18.6 Å². The maximum Gasteiger partial charge on any atom is 0.119 e. The van der Waals surface area contributed by atoms with Gasteiger partial charge in [-0.1, -0.05) is 60.7 Å². The zero-order chi connectivity index (χ0) is 23.2. The van der Waals surface area contributed by atoms with Gasteiger partial charge in [-0.25, -0.2) is 0 Å². The Bertz CT molecular complexity index is 1240. The number of fused-ring (bicyclic) bond motifs is 2. The molecule has 0 aromatic heterocycles. The molecule has 2 unspecified atom stereocenters. The van der Waals surface area contributed by atoms with Crippen molar-refractivity contribution >= 4 is 5.57 Å². The summed E-state index contributed by atoms with van der Waals surface area (Å²) < 4.78 is 22.5. The van der Waals surface area contributed by atoms with Crippen molar-refractivity contribution in [2.24, 2.45) is 0 Å². The molecule has 0 bridgehead atoms. The van der Waals surface area contributed by atoms with E-state index in [9.17, 15) is 0 Å². The number of rotatable bonds is 8. The van der Waals surface area contributed by atoms with Gasteiger partial charge >= 0.3 is 0 Å². The maximum absolute atomic E-state index is 5.95. The van der Waals surface area contributed by atoms with E-state index in [4.69, 9.17) is 18.9 Å². The van der Waals surface area contributed by atoms with Gasteiger partial charge in [-0.05, 0) is 70.5 Å². The van der Waals surface area contributed by atoms with E-state index in [0.29, 0.717) is 13.2 Å². The molecule has 2 aliphatic heterocycles. The van der Waals surface area contributed by atoms with Gasteiger partial charge in [-0.15, -0.1) is 0 Å². The molecular weight excluding hydrogens is 436 g/mol. The molecule has 4 nitrogen and oxygen atoms in total. The first kappa shape index (κ1) is 21.0. The standard InChI is InChI=1S/C31H28O4/c1-3-7-29-27(5-1)28-6-2-4-8-30(28)31(29,21-9-13-23(14-10-21)32-17-25-19-34-25)22-11-15-24(16-12-22)33-18-26-20-35-26/h1,3-5,7-16,25-26H,2,6,17-20H2. The van der Waals surface area contributed by atoms with Gasteiger partial charge in [0.25, 0.3) is 0 Å². The quantitative estimate of drug-likeness (QED) is 0.402. The molecule has 0 amide bonds. The van der Waals surface area contributed by atoms with Gasteiger partial charge in [-0.2, -0.15) is 0 Å². The highest BCUT2D eigenvalue weighted by Gasteiger charge is 2.47. The van der Waals surface area contributed by atoms with Gasteiger partial charge < -0.3 is 18.9 Å². The second-order valence-corrected chi connectivity index (χ2v) is 9.71. The van der Waals surface area contributed by atoms with E-state index in [1.807, 2.05) is 0 Å². The number of benzene rings is 3.